The zero-order valence-corrected chi connectivity index (χ0v) is 22.2. The lowest BCUT2D eigenvalue weighted by Crippen LogP contribution is -2.46. The van der Waals surface area contributed by atoms with Crippen molar-refractivity contribution in [2.24, 2.45) is 0 Å². The number of hydrogen-bond acceptors (Lipinski definition) is 3. The second-order valence-corrected chi connectivity index (χ2v) is 11.6. The number of unbranched alkanes of at least 4 members (excludes halogenated alkanes) is 2. The maximum absolute atomic E-state index is 13.8. The van der Waals surface area contributed by atoms with Crippen LogP contribution in [-0.2, 0) is 15.6 Å². The Balaban J connectivity index is 1.57. The fourth-order valence-corrected chi connectivity index (χ4v) is 6.47. The average molecular weight is 461 g/mol. The Morgan fingerprint density at radius 3 is 1.47 bits per heavy atom. The summed E-state index contributed by atoms with van der Waals surface area (Å²) in [5, 5.41) is 0. The Morgan fingerprint density at radius 2 is 1.09 bits per heavy atom. The molecule has 0 aliphatic carbocycles. The van der Waals surface area contributed by atoms with Crippen LogP contribution in [0.3, 0.4) is 0 Å². The topological polar surface area (TPSA) is 23.6 Å². The maximum Gasteiger partial charge on any atom is 0.137 e. The van der Waals surface area contributed by atoms with Gasteiger partial charge in [-0.15, -0.1) is 0 Å². The summed E-state index contributed by atoms with van der Waals surface area (Å²) in [6.45, 7) is 15.9. The Kier molecular flexibility index (Phi) is 7.12. The van der Waals surface area contributed by atoms with Gasteiger partial charge in [-0.25, -0.2) is 0 Å². The molecule has 184 valence electrons. The lowest BCUT2D eigenvalue weighted by molar-refractivity contribution is -0.120. The third-order valence-corrected chi connectivity index (χ3v) is 8.58. The van der Waals surface area contributed by atoms with Gasteiger partial charge in [-0.1, -0.05) is 90.8 Å². The minimum atomic E-state index is -0.0317. The van der Waals surface area contributed by atoms with E-state index in [1.54, 1.807) is 0 Å². The molecule has 2 unspecified atom stereocenters. The van der Waals surface area contributed by atoms with Crippen LogP contribution in [0.5, 0.6) is 0 Å². The first kappa shape index (κ1) is 24.8. The number of carbonyl (C=O) groups is 1. The molecule has 3 heteroatoms. The molecule has 0 saturated carbocycles. The highest BCUT2D eigenvalue weighted by Gasteiger charge is 2.47. The van der Waals surface area contributed by atoms with E-state index in [-0.39, 0.29) is 22.9 Å². The van der Waals surface area contributed by atoms with Gasteiger partial charge in [0.25, 0.3) is 0 Å². The van der Waals surface area contributed by atoms with Gasteiger partial charge < -0.3 is 9.80 Å². The summed E-state index contributed by atoms with van der Waals surface area (Å²) < 4.78 is 0. The van der Waals surface area contributed by atoms with Gasteiger partial charge in [-0.2, -0.15) is 0 Å². The highest BCUT2D eigenvalue weighted by Crippen LogP contribution is 2.48. The van der Waals surface area contributed by atoms with E-state index in [0.29, 0.717) is 18.6 Å². The zero-order valence-electron chi connectivity index (χ0n) is 22.2. The van der Waals surface area contributed by atoms with Gasteiger partial charge in [0.1, 0.15) is 5.78 Å². The molecule has 0 bridgehead atoms. The van der Waals surface area contributed by atoms with Crippen LogP contribution in [0.4, 0.5) is 11.4 Å². The first-order valence-electron chi connectivity index (χ1n) is 13.5. The number of para-hydroxylation sites is 2. The SMILES string of the molecule is CCCCN1c2ccccc2C(C)(C)C1CC(=O)CC1N(CCCC)c2ccccc2C1(C)C. The first-order chi connectivity index (χ1) is 16.2. The van der Waals surface area contributed by atoms with E-state index in [0.717, 1.165) is 25.9 Å². The van der Waals surface area contributed by atoms with Crippen LogP contribution in [0, 0.1) is 0 Å². The highest BCUT2D eigenvalue weighted by molar-refractivity contribution is 5.83. The molecule has 0 N–H and O–H groups in total. The molecule has 0 radical (unpaired) electrons. The maximum atomic E-state index is 13.8. The van der Waals surface area contributed by atoms with Gasteiger partial charge in [-0.3, -0.25) is 4.79 Å². The van der Waals surface area contributed by atoms with Gasteiger partial charge in [0.15, 0.2) is 0 Å². The van der Waals surface area contributed by atoms with E-state index < -0.39 is 0 Å². The summed E-state index contributed by atoms with van der Waals surface area (Å²) in [6.07, 6.45) is 5.89. The predicted octanol–water partition coefficient (Wildman–Crippen LogP) is 7.27. The van der Waals surface area contributed by atoms with Crippen LogP contribution < -0.4 is 9.80 Å². The van der Waals surface area contributed by atoms with E-state index in [2.05, 4.69) is 99.9 Å². The molecule has 0 saturated heterocycles. The van der Waals surface area contributed by atoms with Gasteiger partial charge in [0.05, 0.1) is 0 Å². The van der Waals surface area contributed by atoms with Crippen LogP contribution >= 0.6 is 0 Å². The fraction of sp³-hybridized carbons (Fsp3) is 0.581. The second-order valence-electron chi connectivity index (χ2n) is 11.6. The largest absolute Gasteiger partial charge is 0.367 e. The summed E-state index contributed by atoms with van der Waals surface area (Å²) in [6, 6.07) is 18.0. The number of Topliss-reactive ketones (excluding diaryl/α,β-unsaturated/α-hetero) is 1. The average Bonchev–Trinajstić information content (AvgIpc) is 3.16. The van der Waals surface area contributed by atoms with Crippen LogP contribution in [0.2, 0.25) is 0 Å². The summed E-state index contributed by atoms with van der Waals surface area (Å²) in [7, 11) is 0. The Hall–Kier alpha value is -2.29. The summed E-state index contributed by atoms with van der Waals surface area (Å²) >= 11 is 0. The van der Waals surface area contributed by atoms with E-state index in [1.165, 1.54) is 35.3 Å². The summed E-state index contributed by atoms with van der Waals surface area (Å²) in [5.74, 6) is 0.403. The molecule has 0 fully saturated rings. The minimum absolute atomic E-state index is 0.0317. The van der Waals surface area contributed by atoms with Gasteiger partial charge >= 0.3 is 0 Å². The normalized spacial score (nSPS) is 22.1. The van der Waals surface area contributed by atoms with Crippen molar-refractivity contribution in [3.63, 3.8) is 0 Å². The smallest absolute Gasteiger partial charge is 0.137 e. The molecule has 2 aromatic carbocycles. The van der Waals surface area contributed by atoms with E-state index in [9.17, 15) is 4.79 Å². The number of ketones is 1. The number of rotatable bonds is 10. The van der Waals surface area contributed by atoms with Crippen molar-refractivity contribution in [1.29, 1.82) is 0 Å². The number of nitrogens with zero attached hydrogens (tertiary/aromatic N) is 2. The quantitative estimate of drug-likeness (QED) is 0.372. The molecule has 2 aliphatic heterocycles. The summed E-state index contributed by atoms with van der Waals surface area (Å²) in [4.78, 5) is 18.9. The molecule has 2 aromatic rings. The van der Waals surface area contributed by atoms with E-state index in [1.807, 2.05) is 0 Å². The molecular formula is C31H44N2O. The van der Waals surface area contributed by atoms with Crippen LogP contribution in [-0.4, -0.2) is 31.0 Å². The monoisotopic (exact) mass is 460 g/mol. The Morgan fingerprint density at radius 1 is 0.706 bits per heavy atom. The molecule has 34 heavy (non-hydrogen) atoms. The van der Waals surface area contributed by atoms with Gasteiger partial charge in [0, 0.05) is 60.2 Å². The van der Waals surface area contributed by atoms with Crippen molar-refractivity contribution >= 4 is 17.2 Å². The van der Waals surface area contributed by atoms with Gasteiger partial charge in [0.2, 0.25) is 0 Å². The molecule has 2 heterocycles. The Bertz CT molecular complexity index is 928. The minimum Gasteiger partial charge on any atom is -0.367 e. The van der Waals surface area contributed by atoms with E-state index in [4.69, 9.17) is 0 Å². The van der Waals surface area contributed by atoms with Crippen molar-refractivity contribution in [2.45, 2.75) is 103 Å². The van der Waals surface area contributed by atoms with Crippen molar-refractivity contribution in [3.8, 4) is 0 Å². The second kappa shape index (κ2) is 9.76. The molecule has 2 atom stereocenters. The molecule has 3 nitrogen and oxygen atoms in total. The van der Waals surface area contributed by atoms with Gasteiger partial charge in [-0.05, 0) is 36.1 Å². The third kappa shape index (κ3) is 4.27. The van der Waals surface area contributed by atoms with Crippen molar-refractivity contribution in [2.75, 3.05) is 22.9 Å². The lowest BCUT2D eigenvalue weighted by Gasteiger charge is -2.37. The first-order valence-corrected chi connectivity index (χ1v) is 13.5. The standard InChI is InChI=1S/C31H44N2O/c1-7-9-19-32-26-17-13-11-15-24(26)30(3,4)28(32)21-23(34)22-29-31(5,6)25-16-12-14-18-27(25)33(29)20-10-8-2/h11-18,28-29H,7-10,19-22H2,1-6H3. The summed E-state index contributed by atoms with van der Waals surface area (Å²) in [5.41, 5.74) is 5.38. The van der Waals surface area contributed by atoms with Crippen molar-refractivity contribution in [3.05, 3.63) is 59.7 Å². The number of carbonyl (C=O) groups excluding carboxylic acids is 1. The Labute approximate surface area is 207 Å². The van der Waals surface area contributed by atoms with Crippen LogP contribution in [0.25, 0.3) is 0 Å². The number of anilines is 2. The fourth-order valence-electron chi connectivity index (χ4n) is 6.47. The number of benzene rings is 2. The molecule has 0 aromatic heterocycles. The lowest BCUT2D eigenvalue weighted by atomic mass is 9.75. The van der Waals surface area contributed by atoms with E-state index >= 15 is 0 Å². The molecule has 4 rings (SSSR count). The number of fused-ring (bicyclic) bond motifs is 2. The predicted molar refractivity (Wildman–Crippen MR) is 145 cm³/mol. The molecular weight excluding hydrogens is 416 g/mol. The highest BCUT2D eigenvalue weighted by atomic mass is 16.1. The van der Waals surface area contributed by atoms with Crippen LogP contribution in [0.1, 0.15) is 91.2 Å². The number of hydrogen-bond donors (Lipinski definition) is 0. The van der Waals surface area contributed by atoms with Crippen molar-refractivity contribution < 1.29 is 4.79 Å². The molecule has 0 amide bonds. The molecule has 2 aliphatic rings. The van der Waals surface area contributed by atoms with Crippen LogP contribution in [0.15, 0.2) is 48.5 Å². The third-order valence-electron chi connectivity index (χ3n) is 8.58. The zero-order chi connectivity index (χ0) is 24.5. The van der Waals surface area contributed by atoms with Crippen molar-refractivity contribution in [1.82, 2.24) is 0 Å². The molecule has 0 spiro atoms.